The highest BCUT2D eigenvalue weighted by Gasteiger charge is 2.36. The number of hydrogen-bond acceptors (Lipinski definition) is 28. The molecule has 0 spiro atoms. The Labute approximate surface area is 706 Å². The number of aliphatic carboxylic acids is 4. The molecule has 0 bridgehead atoms. The van der Waals surface area contributed by atoms with E-state index in [-0.39, 0.29) is 151 Å². The Morgan fingerprint density at radius 3 is 1.02 bits per heavy atom. The summed E-state index contributed by atoms with van der Waals surface area (Å²) >= 11 is 0. The van der Waals surface area contributed by atoms with Crippen molar-refractivity contribution in [3.8, 4) is 35.2 Å². The van der Waals surface area contributed by atoms with Crippen LogP contribution in [0.15, 0.2) is 115 Å². The van der Waals surface area contributed by atoms with Gasteiger partial charge in [-0.05, 0) is 125 Å². The van der Waals surface area contributed by atoms with Crippen molar-refractivity contribution in [2.45, 2.75) is 188 Å². The monoisotopic (exact) mass is 1690 g/mol. The molecule has 0 atom stereocenters. The molecule has 9 rings (SSSR count). The van der Waals surface area contributed by atoms with E-state index in [1.807, 2.05) is 79.1 Å². The van der Waals surface area contributed by atoms with E-state index in [1.54, 1.807) is 58.9 Å². The van der Waals surface area contributed by atoms with E-state index < -0.39 is 34.7 Å². The summed E-state index contributed by atoms with van der Waals surface area (Å²) in [6.45, 7) is 6.62. The lowest BCUT2D eigenvalue weighted by Gasteiger charge is -2.33. The topological polar surface area (TPSA) is 516 Å². The van der Waals surface area contributed by atoms with Gasteiger partial charge < -0.3 is 85.0 Å². The number of benzene rings is 3. The molecule has 0 saturated heterocycles. The van der Waals surface area contributed by atoms with Crippen LogP contribution in [0, 0.1) is 34.5 Å². The molecule has 40 heteroatoms. The molecular formula is C82H110N22O18. The van der Waals surface area contributed by atoms with Gasteiger partial charge in [0.15, 0.2) is 5.96 Å². The highest BCUT2D eigenvalue weighted by molar-refractivity contribution is 5.75. The molecule has 0 aliphatic carbocycles. The highest BCUT2D eigenvalue weighted by Crippen LogP contribution is 2.28. The van der Waals surface area contributed by atoms with Crippen molar-refractivity contribution in [2.24, 2.45) is 33.0 Å². The standard InChI is InChI=1S/C82H110N22O18/c83-31-14-38-113-50-73-47-104(98-92-73)56-81(58-116-51-68-42-99(93-87-68)33-6-1-19-76(105)106,59-117-52-69-43-100(94-88-69)34-7-2-20-77(107)108)57-114-48-66-27-23-64(24-28-66)15-12-39-121-74-17-11-18-75(41-74)122-40-13-16-65-25-29-67(30-26-65)49-115-60-82(61-118-53-70-44-101(95-89-70)35-8-3-21-78(109)110,62-119-54-71-45-102(96-90-71)36-9-4-22-79(111)112)63-120-55-72-46-103(97-91-72)37-10-5-32-86-80(84)85/h11,17-18,23-30,41-47H,1-10,14,19-22,31-40,48-63,83H2,(H,105,106)(H,107,108)(H,109,110)(H,111,112)(H4,84,85,86). The van der Waals surface area contributed by atoms with Crippen molar-refractivity contribution in [2.75, 3.05) is 79.2 Å². The van der Waals surface area contributed by atoms with Crippen LogP contribution in [0.2, 0.25) is 0 Å². The van der Waals surface area contributed by atoms with Gasteiger partial charge in [-0.15, -0.1) is 30.6 Å². The average Bonchev–Trinajstić information content (AvgIpc) is 1.66. The van der Waals surface area contributed by atoms with Crippen molar-refractivity contribution < 1.29 is 87.0 Å². The van der Waals surface area contributed by atoms with Crippen LogP contribution >= 0.6 is 0 Å². The summed E-state index contributed by atoms with van der Waals surface area (Å²) in [5.74, 6) is 10.3. The zero-order chi connectivity index (χ0) is 86.1. The lowest BCUT2D eigenvalue weighted by molar-refractivity contribution is -0.138. The van der Waals surface area contributed by atoms with Crippen molar-refractivity contribution in [1.29, 1.82) is 0 Å². The van der Waals surface area contributed by atoms with Gasteiger partial charge in [0.05, 0.1) is 154 Å². The molecule has 3 aromatic carbocycles. The Morgan fingerprint density at radius 2 is 0.689 bits per heavy atom. The first-order chi connectivity index (χ1) is 59.4. The molecule has 40 nitrogen and oxygen atoms in total. The van der Waals surface area contributed by atoms with Crippen LogP contribution < -0.4 is 26.7 Å². The molecule has 9 aromatic rings. The second-order valence-corrected chi connectivity index (χ2v) is 29.4. The molecular weight excluding hydrogens is 1580 g/mol. The highest BCUT2D eigenvalue weighted by atomic mass is 16.5. The van der Waals surface area contributed by atoms with Gasteiger partial charge in [0.1, 0.15) is 58.9 Å². The number of aromatic nitrogens is 18. The number of nitrogens with zero attached hydrogens (tertiary/aromatic N) is 19. The van der Waals surface area contributed by atoms with E-state index in [9.17, 15) is 19.2 Å². The number of nitrogens with two attached hydrogens (primary N) is 3. The zero-order valence-electron chi connectivity index (χ0n) is 68.6. The van der Waals surface area contributed by atoms with Gasteiger partial charge in [0.2, 0.25) is 0 Å². The summed E-state index contributed by atoms with van der Waals surface area (Å²) in [7, 11) is 0. The van der Waals surface area contributed by atoms with E-state index in [4.69, 9.17) is 85.0 Å². The summed E-state index contributed by atoms with van der Waals surface area (Å²) < 4.78 is 73.1. The normalized spacial score (nSPS) is 11.5. The molecule has 6 heterocycles. The van der Waals surface area contributed by atoms with Crippen LogP contribution in [-0.2, 0) is 149 Å². The maximum Gasteiger partial charge on any atom is 0.303 e. The van der Waals surface area contributed by atoms with Gasteiger partial charge in [-0.3, -0.25) is 52.3 Å². The third-order valence-corrected chi connectivity index (χ3v) is 18.4. The van der Waals surface area contributed by atoms with Crippen molar-refractivity contribution in [1.82, 2.24) is 90.0 Å². The summed E-state index contributed by atoms with van der Waals surface area (Å²) in [4.78, 5) is 48.4. The van der Waals surface area contributed by atoms with E-state index >= 15 is 0 Å². The number of carbonyl (C=O) groups is 4. The molecule has 0 amide bonds. The van der Waals surface area contributed by atoms with Crippen molar-refractivity contribution in [3.63, 3.8) is 0 Å². The quantitative estimate of drug-likeness (QED) is 0.0102. The van der Waals surface area contributed by atoms with E-state index in [0.29, 0.717) is 156 Å². The van der Waals surface area contributed by atoms with Crippen LogP contribution in [0.1, 0.15) is 153 Å². The minimum atomic E-state index is -0.914. The van der Waals surface area contributed by atoms with Gasteiger partial charge in [0.25, 0.3) is 0 Å². The SMILES string of the molecule is NCCCOCc1cn(CC(COCc2ccc(C#CCOc3cccc(OCC#Cc4ccc(COCC(COCc5cn(CCCCN=C(N)N)nn5)(COCc5cn(CCCCC(=O)O)nn5)COCc5cn(CCCCC(=O)O)nn5)cc4)c3)cc2)(COCc2cn(CCCCC(=O)O)nn2)COCc2cn(CCCCC(=O)O)nn2)nn1. The number of aliphatic imine (C=N–C) groups is 1. The molecule has 6 aromatic heterocycles. The molecule has 0 unspecified atom stereocenters. The first kappa shape index (κ1) is 93.9. The number of guanidine groups is 1. The predicted octanol–water partition coefficient (Wildman–Crippen LogP) is 5.83. The first-order valence-corrected chi connectivity index (χ1v) is 40.5. The number of carboxylic acid groups (broad SMARTS) is 4. The second-order valence-electron chi connectivity index (χ2n) is 29.4. The molecule has 122 heavy (non-hydrogen) atoms. The van der Waals surface area contributed by atoms with E-state index in [2.05, 4.69) is 90.5 Å². The van der Waals surface area contributed by atoms with Gasteiger partial charge in [-0.25, -0.2) is 0 Å². The Hall–Kier alpha value is -12.0. The number of carboxylic acids is 4. The predicted molar refractivity (Wildman–Crippen MR) is 436 cm³/mol. The third-order valence-electron chi connectivity index (χ3n) is 18.4. The zero-order valence-corrected chi connectivity index (χ0v) is 68.6. The fraction of sp³-hybridized carbons (Fsp3) is 0.524. The van der Waals surface area contributed by atoms with Gasteiger partial charge in [-0.2, -0.15) is 0 Å². The third kappa shape index (κ3) is 37.3. The maximum atomic E-state index is 11.1. The van der Waals surface area contributed by atoms with Crippen LogP contribution in [0.3, 0.4) is 0 Å². The summed E-state index contributed by atoms with van der Waals surface area (Å²) in [5, 5.41) is 87.9. The Morgan fingerprint density at radius 1 is 0.377 bits per heavy atom. The summed E-state index contributed by atoms with van der Waals surface area (Å²) in [5.41, 5.74) is 21.7. The molecule has 656 valence electrons. The molecule has 10 N–H and O–H groups in total. The molecule has 0 saturated carbocycles. The lowest BCUT2D eigenvalue weighted by Crippen LogP contribution is -2.41. The van der Waals surface area contributed by atoms with E-state index in [1.165, 1.54) is 0 Å². The van der Waals surface area contributed by atoms with Crippen LogP contribution in [-0.4, -0.2) is 219 Å². The van der Waals surface area contributed by atoms with Crippen LogP contribution in [0.5, 0.6) is 11.5 Å². The number of unbranched alkanes of at least 4 members (excludes halogenated alkanes) is 5. The summed E-state index contributed by atoms with van der Waals surface area (Å²) in [6.07, 6.45) is 17.7. The fourth-order valence-corrected chi connectivity index (χ4v) is 12.2. The molecule has 0 radical (unpaired) electrons. The smallest absolute Gasteiger partial charge is 0.303 e. The van der Waals surface area contributed by atoms with Crippen LogP contribution in [0.25, 0.3) is 0 Å². The minimum Gasteiger partial charge on any atom is -0.481 e. The Kier molecular flexibility index (Phi) is 40.7. The Balaban J connectivity index is 0.777. The number of hydrogen-bond donors (Lipinski definition) is 7. The summed E-state index contributed by atoms with van der Waals surface area (Å²) in [6, 6.07) is 22.6. The van der Waals surface area contributed by atoms with Gasteiger partial charge >= 0.3 is 23.9 Å². The Bertz CT molecular complexity index is 4600. The average molecular weight is 1690 g/mol. The molecule has 0 fully saturated rings. The van der Waals surface area contributed by atoms with Crippen molar-refractivity contribution >= 4 is 29.8 Å². The molecule has 0 aliphatic heterocycles. The van der Waals surface area contributed by atoms with Gasteiger partial charge in [0, 0.05) is 88.8 Å². The number of rotatable bonds is 64. The number of aryl methyl sites for hydroxylation is 5. The maximum absolute atomic E-state index is 11.1. The van der Waals surface area contributed by atoms with Crippen molar-refractivity contribution in [3.05, 3.63) is 166 Å². The minimum absolute atomic E-state index is 0.0467. The lowest BCUT2D eigenvalue weighted by atomic mass is 9.90. The second kappa shape index (κ2) is 52.9. The largest absolute Gasteiger partial charge is 0.481 e. The van der Waals surface area contributed by atoms with Crippen LogP contribution in [0.4, 0.5) is 0 Å². The number of ether oxygens (including phenoxy) is 10. The van der Waals surface area contributed by atoms with Gasteiger partial charge in [-0.1, -0.05) is 85.3 Å². The first-order valence-electron chi connectivity index (χ1n) is 40.5. The fourth-order valence-electron chi connectivity index (χ4n) is 12.2. The van der Waals surface area contributed by atoms with E-state index in [0.717, 1.165) is 35.1 Å². The molecule has 0 aliphatic rings.